The second kappa shape index (κ2) is 8.91. The molecule has 0 radical (unpaired) electrons. The molecule has 0 fully saturated rings. The Balaban J connectivity index is 1.61. The molecule has 1 aromatic carbocycles. The number of benzene rings is 1. The van der Waals surface area contributed by atoms with E-state index in [1.54, 1.807) is 42.0 Å². The molecule has 1 amide bonds. The first-order valence-corrected chi connectivity index (χ1v) is 8.96. The molecule has 0 aliphatic carbocycles. The van der Waals surface area contributed by atoms with Crippen LogP contribution in [0.2, 0.25) is 0 Å². The lowest BCUT2D eigenvalue weighted by Crippen LogP contribution is -2.12. The fourth-order valence-corrected chi connectivity index (χ4v) is 2.92. The number of esters is 1. The number of carbonyl (C=O) groups excluding carboxylic acids is 2. The molecule has 0 spiro atoms. The highest BCUT2D eigenvalue weighted by molar-refractivity contribution is 7.14. The van der Waals surface area contributed by atoms with Gasteiger partial charge in [-0.25, -0.2) is 4.98 Å². The number of pyridine rings is 1. The van der Waals surface area contributed by atoms with Gasteiger partial charge in [-0.1, -0.05) is 12.1 Å². The summed E-state index contributed by atoms with van der Waals surface area (Å²) in [6.45, 7) is 0.363. The van der Waals surface area contributed by atoms with Gasteiger partial charge in [0.1, 0.15) is 12.4 Å². The molecule has 0 unspecified atom stereocenters. The number of nitrogens with zero attached hydrogens (tertiary/aromatic N) is 2. The van der Waals surface area contributed by atoms with Gasteiger partial charge < -0.3 is 9.47 Å². The van der Waals surface area contributed by atoms with Crippen molar-refractivity contribution in [3.8, 4) is 5.75 Å². The molecule has 0 aliphatic rings. The number of thiazole rings is 1. The number of hydrogen-bond donors (Lipinski definition) is 1. The predicted octanol–water partition coefficient (Wildman–Crippen LogP) is 3.08. The van der Waals surface area contributed by atoms with E-state index in [0.29, 0.717) is 28.7 Å². The van der Waals surface area contributed by atoms with E-state index < -0.39 is 0 Å². The molecular weight excluding hydrogens is 366 g/mol. The van der Waals surface area contributed by atoms with Crippen molar-refractivity contribution in [2.75, 3.05) is 12.4 Å². The summed E-state index contributed by atoms with van der Waals surface area (Å²) in [5, 5.41) is 4.85. The van der Waals surface area contributed by atoms with Gasteiger partial charge in [0.2, 0.25) is 0 Å². The lowest BCUT2D eigenvalue weighted by atomic mass is 10.2. The zero-order chi connectivity index (χ0) is 19.1. The van der Waals surface area contributed by atoms with Gasteiger partial charge in [-0.3, -0.25) is 19.9 Å². The van der Waals surface area contributed by atoms with Crippen LogP contribution in [-0.4, -0.2) is 29.0 Å². The summed E-state index contributed by atoms with van der Waals surface area (Å²) < 4.78 is 10.3. The second-order valence-corrected chi connectivity index (χ2v) is 6.39. The molecular formula is C19H17N3O4S. The van der Waals surface area contributed by atoms with Gasteiger partial charge in [0.25, 0.3) is 5.91 Å². The number of aromatic nitrogens is 2. The quantitative estimate of drug-likeness (QED) is 0.631. The number of methoxy groups -OCH3 is 1. The second-order valence-electron chi connectivity index (χ2n) is 5.53. The molecule has 27 heavy (non-hydrogen) atoms. The molecule has 2 heterocycles. The van der Waals surface area contributed by atoms with E-state index in [9.17, 15) is 9.59 Å². The minimum absolute atomic E-state index is 0.0700. The van der Waals surface area contributed by atoms with Crippen LogP contribution in [0.1, 0.15) is 21.6 Å². The largest absolute Gasteiger partial charge is 0.489 e. The first-order valence-electron chi connectivity index (χ1n) is 8.08. The summed E-state index contributed by atoms with van der Waals surface area (Å²) in [7, 11) is 1.32. The highest BCUT2D eigenvalue weighted by Gasteiger charge is 2.12. The topological polar surface area (TPSA) is 90.4 Å². The fourth-order valence-electron chi connectivity index (χ4n) is 2.21. The van der Waals surface area contributed by atoms with E-state index in [4.69, 9.17) is 4.74 Å². The third-order valence-corrected chi connectivity index (χ3v) is 4.36. The normalized spacial score (nSPS) is 10.3. The Morgan fingerprint density at radius 2 is 2.11 bits per heavy atom. The van der Waals surface area contributed by atoms with Crippen LogP contribution in [0.25, 0.3) is 0 Å². The molecule has 1 N–H and O–H groups in total. The molecule has 8 heteroatoms. The number of hydrogen-bond acceptors (Lipinski definition) is 7. The number of nitrogens with one attached hydrogen (secondary N) is 1. The highest BCUT2D eigenvalue weighted by atomic mass is 32.1. The maximum absolute atomic E-state index is 12.4. The van der Waals surface area contributed by atoms with Crippen LogP contribution in [0.15, 0.2) is 54.2 Å². The van der Waals surface area contributed by atoms with Crippen molar-refractivity contribution >= 4 is 28.3 Å². The number of ether oxygens (including phenoxy) is 2. The van der Waals surface area contributed by atoms with E-state index in [-0.39, 0.29) is 18.3 Å². The van der Waals surface area contributed by atoms with Gasteiger partial charge in [0.05, 0.1) is 19.2 Å². The summed E-state index contributed by atoms with van der Waals surface area (Å²) in [6.07, 6.45) is 3.50. The lowest BCUT2D eigenvalue weighted by molar-refractivity contribution is -0.139. The monoisotopic (exact) mass is 383 g/mol. The maximum Gasteiger partial charge on any atom is 0.311 e. The Labute approximate surface area is 160 Å². The van der Waals surface area contributed by atoms with Gasteiger partial charge in [-0.2, -0.15) is 0 Å². The minimum Gasteiger partial charge on any atom is -0.489 e. The smallest absolute Gasteiger partial charge is 0.311 e. The SMILES string of the molecule is COC(=O)Cc1csc(NC(=O)c2cccc(OCc3cccnc3)c2)n1. The van der Waals surface area contributed by atoms with Crippen LogP contribution in [0.5, 0.6) is 5.75 Å². The van der Waals surface area contributed by atoms with E-state index >= 15 is 0 Å². The first-order chi connectivity index (χ1) is 13.1. The average Bonchev–Trinajstić information content (AvgIpc) is 3.14. The molecule has 2 aromatic heterocycles. The van der Waals surface area contributed by atoms with E-state index in [1.807, 2.05) is 12.1 Å². The third kappa shape index (κ3) is 5.35. The van der Waals surface area contributed by atoms with Crippen LogP contribution >= 0.6 is 11.3 Å². The molecule has 138 valence electrons. The van der Waals surface area contributed by atoms with Crippen molar-refractivity contribution < 1.29 is 19.1 Å². The van der Waals surface area contributed by atoms with Crippen LogP contribution in [-0.2, 0) is 22.6 Å². The van der Waals surface area contributed by atoms with Gasteiger partial charge in [0.15, 0.2) is 5.13 Å². The van der Waals surface area contributed by atoms with Gasteiger partial charge >= 0.3 is 5.97 Å². The first kappa shape index (κ1) is 18.5. The van der Waals surface area contributed by atoms with Crippen molar-refractivity contribution in [1.29, 1.82) is 0 Å². The van der Waals surface area contributed by atoms with Crippen molar-refractivity contribution in [1.82, 2.24) is 9.97 Å². The number of amides is 1. The number of carbonyl (C=O) groups is 2. The molecule has 0 bridgehead atoms. The summed E-state index contributed by atoms with van der Waals surface area (Å²) >= 11 is 1.25. The summed E-state index contributed by atoms with van der Waals surface area (Å²) in [4.78, 5) is 31.9. The van der Waals surface area contributed by atoms with Crippen LogP contribution < -0.4 is 10.1 Å². The minimum atomic E-state index is -0.378. The van der Waals surface area contributed by atoms with Gasteiger partial charge in [-0.05, 0) is 24.3 Å². The van der Waals surface area contributed by atoms with E-state index in [1.165, 1.54) is 18.4 Å². The average molecular weight is 383 g/mol. The Morgan fingerprint density at radius 3 is 2.89 bits per heavy atom. The maximum atomic E-state index is 12.4. The summed E-state index contributed by atoms with van der Waals surface area (Å²) in [5.41, 5.74) is 1.94. The van der Waals surface area contributed by atoms with E-state index in [0.717, 1.165) is 5.56 Å². The molecule has 7 nitrogen and oxygen atoms in total. The fraction of sp³-hybridized carbons (Fsp3) is 0.158. The van der Waals surface area contributed by atoms with Crippen molar-refractivity contribution in [3.63, 3.8) is 0 Å². The predicted molar refractivity (Wildman–Crippen MR) is 101 cm³/mol. The van der Waals surface area contributed by atoms with E-state index in [2.05, 4.69) is 20.0 Å². The molecule has 3 rings (SSSR count). The van der Waals surface area contributed by atoms with Crippen molar-refractivity contribution in [2.45, 2.75) is 13.0 Å². The summed E-state index contributed by atoms with van der Waals surface area (Å²) in [6, 6.07) is 10.6. The molecule has 0 saturated carbocycles. The molecule has 0 saturated heterocycles. The van der Waals surface area contributed by atoms with Crippen LogP contribution in [0.4, 0.5) is 5.13 Å². The molecule has 0 aliphatic heterocycles. The van der Waals surface area contributed by atoms with Crippen molar-refractivity contribution in [2.24, 2.45) is 0 Å². The Bertz CT molecular complexity index is 927. The standard InChI is InChI=1S/C19H17N3O4S/c1-25-17(23)9-15-12-27-19(21-15)22-18(24)14-5-2-6-16(8-14)26-11-13-4-3-7-20-10-13/h2-8,10,12H,9,11H2,1H3,(H,21,22,24). The number of anilines is 1. The van der Waals surface area contributed by atoms with Crippen LogP contribution in [0.3, 0.4) is 0 Å². The molecule has 3 aromatic rings. The number of rotatable bonds is 7. The Kier molecular flexibility index (Phi) is 6.11. The zero-order valence-electron chi connectivity index (χ0n) is 14.5. The Morgan fingerprint density at radius 1 is 1.22 bits per heavy atom. The van der Waals surface area contributed by atoms with Gasteiger partial charge in [-0.15, -0.1) is 11.3 Å². The third-order valence-electron chi connectivity index (χ3n) is 3.55. The molecule has 0 atom stereocenters. The van der Waals surface area contributed by atoms with Crippen molar-refractivity contribution in [3.05, 3.63) is 71.0 Å². The lowest BCUT2D eigenvalue weighted by Gasteiger charge is -2.08. The zero-order valence-corrected chi connectivity index (χ0v) is 15.4. The van der Waals surface area contributed by atoms with Crippen LogP contribution in [0, 0.1) is 0 Å². The summed E-state index contributed by atoms with van der Waals surface area (Å²) in [5.74, 6) is -0.102. The van der Waals surface area contributed by atoms with Gasteiger partial charge in [0, 0.05) is 28.9 Å². The Hall–Kier alpha value is -3.26. The highest BCUT2D eigenvalue weighted by Crippen LogP contribution is 2.19.